The summed E-state index contributed by atoms with van der Waals surface area (Å²) >= 11 is 0. The molecule has 2 nitrogen and oxygen atoms in total. The van der Waals surface area contributed by atoms with E-state index < -0.39 is 0 Å². The molecule has 0 unspecified atom stereocenters. The maximum Gasteiger partial charge on any atom is 0.181 e. The standard InChI is InChI=1S/C9H11NO/c1-8-3-5-9(6-4-8)7-10(2)11/h3-7H,1-2H3. The summed E-state index contributed by atoms with van der Waals surface area (Å²) in [6.45, 7) is 2.02. The van der Waals surface area contributed by atoms with Crippen molar-refractivity contribution in [3.05, 3.63) is 40.6 Å². The van der Waals surface area contributed by atoms with E-state index in [0.717, 1.165) is 10.3 Å². The first-order chi connectivity index (χ1) is 5.18. The predicted molar refractivity (Wildman–Crippen MR) is 45.9 cm³/mol. The van der Waals surface area contributed by atoms with Gasteiger partial charge in [-0.05, 0) is 19.1 Å². The smallest absolute Gasteiger partial charge is 0.181 e. The Balaban J connectivity index is 2.91. The summed E-state index contributed by atoms with van der Waals surface area (Å²) in [5.74, 6) is 0. The molecule has 1 rings (SSSR count). The number of nitrogens with zero attached hydrogens (tertiary/aromatic N) is 1. The molecule has 2 heteroatoms. The molecule has 1 aromatic carbocycles. The molecule has 0 bridgehead atoms. The molecule has 58 valence electrons. The number of hydrogen-bond donors (Lipinski definition) is 0. The largest absolute Gasteiger partial charge is 0.624 e. The van der Waals surface area contributed by atoms with Crippen LogP contribution in [0.15, 0.2) is 24.3 Å². The van der Waals surface area contributed by atoms with Gasteiger partial charge in [-0.2, -0.15) is 0 Å². The lowest BCUT2D eigenvalue weighted by Gasteiger charge is -1.95. The lowest BCUT2D eigenvalue weighted by molar-refractivity contribution is -0.416. The van der Waals surface area contributed by atoms with Crippen LogP contribution < -0.4 is 0 Å². The van der Waals surface area contributed by atoms with Crippen molar-refractivity contribution >= 4 is 6.21 Å². The summed E-state index contributed by atoms with van der Waals surface area (Å²) in [4.78, 5) is 0. The highest BCUT2D eigenvalue weighted by molar-refractivity contribution is 5.75. The molecule has 0 fully saturated rings. The van der Waals surface area contributed by atoms with Crippen LogP contribution in [-0.4, -0.2) is 18.0 Å². The molecule has 0 aromatic heterocycles. The van der Waals surface area contributed by atoms with Crippen molar-refractivity contribution in [3.8, 4) is 0 Å². The Hall–Kier alpha value is -1.31. The minimum absolute atomic E-state index is 0.796. The first-order valence-electron chi connectivity index (χ1n) is 3.50. The third-order valence-corrected chi connectivity index (χ3v) is 1.41. The van der Waals surface area contributed by atoms with Gasteiger partial charge in [0.25, 0.3) is 0 Å². The van der Waals surface area contributed by atoms with Crippen molar-refractivity contribution in [1.82, 2.24) is 0 Å². The minimum atomic E-state index is 0.796. The van der Waals surface area contributed by atoms with Crippen LogP contribution in [0.5, 0.6) is 0 Å². The van der Waals surface area contributed by atoms with Gasteiger partial charge in [0.05, 0.1) is 0 Å². The molecular formula is C9H11NO. The predicted octanol–water partition coefficient (Wildman–Crippen LogP) is 1.55. The maximum atomic E-state index is 10.6. The molecule has 0 amide bonds. The van der Waals surface area contributed by atoms with Crippen LogP contribution in [0, 0.1) is 12.1 Å². The molecule has 0 N–H and O–H groups in total. The van der Waals surface area contributed by atoms with Gasteiger partial charge >= 0.3 is 0 Å². The summed E-state index contributed by atoms with van der Waals surface area (Å²) < 4.78 is 0.796. The molecule has 0 spiro atoms. The Morgan fingerprint density at radius 2 is 1.82 bits per heavy atom. The van der Waals surface area contributed by atoms with Crippen molar-refractivity contribution in [1.29, 1.82) is 0 Å². The fourth-order valence-corrected chi connectivity index (χ4v) is 0.862. The van der Waals surface area contributed by atoms with Crippen molar-refractivity contribution in [2.24, 2.45) is 0 Å². The molecule has 0 aliphatic rings. The van der Waals surface area contributed by atoms with Gasteiger partial charge in [0.15, 0.2) is 6.21 Å². The lowest BCUT2D eigenvalue weighted by atomic mass is 10.2. The van der Waals surface area contributed by atoms with Crippen molar-refractivity contribution in [2.45, 2.75) is 6.92 Å². The highest BCUT2D eigenvalue weighted by atomic mass is 16.5. The van der Waals surface area contributed by atoms with E-state index in [1.54, 1.807) is 6.21 Å². The van der Waals surface area contributed by atoms with E-state index in [9.17, 15) is 5.21 Å². The topological polar surface area (TPSA) is 26.1 Å². The molecule has 0 aliphatic heterocycles. The highest BCUT2D eigenvalue weighted by Gasteiger charge is 1.89. The molecule has 11 heavy (non-hydrogen) atoms. The highest BCUT2D eigenvalue weighted by Crippen LogP contribution is 1.99. The van der Waals surface area contributed by atoms with E-state index in [0.29, 0.717) is 0 Å². The van der Waals surface area contributed by atoms with Crippen LogP contribution in [0.2, 0.25) is 0 Å². The molecule has 0 saturated heterocycles. The summed E-state index contributed by atoms with van der Waals surface area (Å²) in [5, 5.41) is 10.6. The molecule has 0 heterocycles. The number of aryl methyl sites for hydroxylation is 1. The number of hydrogen-bond acceptors (Lipinski definition) is 1. The zero-order valence-electron chi connectivity index (χ0n) is 6.74. The van der Waals surface area contributed by atoms with Crippen LogP contribution in [0.1, 0.15) is 11.1 Å². The second kappa shape index (κ2) is 3.19. The molecule has 1 aromatic rings. The summed E-state index contributed by atoms with van der Waals surface area (Å²) in [7, 11) is 1.47. The molecule has 0 atom stereocenters. The third-order valence-electron chi connectivity index (χ3n) is 1.41. The Morgan fingerprint density at radius 3 is 2.27 bits per heavy atom. The normalized spacial score (nSPS) is 11.6. The van der Waals surface area contributed by atoms with Crippen LogP contribution in [0.25, 0.3) is 0 Å². The van der Waals surface area contributed by atoms with Gasteiger partial charge in [-0.25, -0.2) is 4.74 Å². The maximum absolute atomic E-state index is 10.6. The van der Waals surface area contributed by atoms with Crippen molar-refractivity contribution in [3.63, 3.8) is 0 Å². The second-order valence-corrected chi connectivity index (χ2v) is 2.59. The monoisotopic (exact) mass is 149 g/mol. The van der Waals surface area contributed by atoms with Crippen LogP contribution in [0.3, 0.4) is 0 Å². The van der Waals surface area contributed by atoms with Crippen LogP contribution >= 0.6 is 0 Å². The van der Waals surface area contributed by atoms with Gasteiger partial charge in [-0.3, -0.25) is 0 Å². The summed E-state index contributed by atoms with van der Waals surface area (Å²) in [6, 6.07) is 7.80. The van der Waals surface area contributed by atoms with Crippen LogP contribution in [-0.2, 0) is 0 Å². The Morgan fingerprint density at radius 1 is 1.27 bits per heavy atom. The first-order valence-corrected chi connectivity index (χ1v) is 3.50. The molecule has 0 saturated carbocycles. The Labute approximate surface area is 66.4 Å². The number of hydroxylamine groups is 1. The van der Waals surface area contributed by atoms with Gasteiger partial charge in [-0.1, -0.05) is 17.7 Å². The van der Waals surface area contributed by atoms with Gasteiger partial charge < -0.3 is 5.21 Å². The van der Waals surface area contributed by atoms with Crippen LogP contribution in [0.4, 0.5) is 0 Å². The van der Waals surface area contributed by atoms with Crippen molar-refractivity contribution in [2.75, 3.05) is 7.05 Å². The summed E-state index contributed by atoms with van der Waals surface area (Å²) in [5.41, 5.74) is 2.14. The van der Waals surface area contributed by atoms with E-state index >= 15 is 0 Å². The van der Waals surface area contributed by atoms with Gasteiger partial charge in [0, 0.05) is 5.56 Å². The third kappa shape index (κ3) is 2.42. The number of benzene rings is 1. The lowest BCUT2D eigenvalue weighted by Crippen LogP contribution is -1.96. The average molecular weight is 149 g/mol. The quantitative estimate of drug-likeness (QED) is 0.257. The Bertz CT molecular complexity index is 257. The fraction of sp³-hybridized carbons (Fsp3) is 0.222. The van der Waals surface area contributed by atoms with Gasteiger partial charge in [0.2, 0.25) is 0 Å². The van der Waals surface area contributed by atoms with Crippen molar-refractivity contribution < 1.29 is 4.74 Å². The zero-order valence-corrected chi connectivity index (χ0v) is 6.74. The molecule has 0 radical (unpaired) electrons. The van der Waals surface area contributed by atoms with E-state index in [1.807, 2.05) is 31.2 Å². The fourth-order valence-electron chi connectivity index (χ4n) is 0.862. The Kier molecular flexibility index (Phi) is 2.26. The van der Waals surface area contributed by atoms with Gasteiger partial charge in [0.1, 0.15) is 7.05 Å². The van der Waals surface area contributed by atoms with Gasteiger partial charge in [-0.15, -0.1) is 0 Å². The minimum Gasteiger partial charge on any atom is -0.624 e. The van der Waals surface area contributed by atoms with E-state index in [1.165, 1.54) is 12.6 Å². The molecular weight excluding hydrogens is 138 g/mol. The number of rotatable bonds is 1. The molecule has 0 aliphatic carbocycles. The zero-order chi connectivity index (χ0) is 8.27. The van der Waals surface area contributed by atoms with E-state index in [2.05, 4.69) is 0 Å². The SMILES string of the molecule is Cc1ccc(C=[N+](C)[O-])cc1. The first kappa shape index (κ1) is 7.79. The second-order valence-electron chi connectivity index (χ2n) is 2.59. The summed E-state index contributed by atoms with van der Waals surface area (Å²) in [6.07, 6.45) is 1.54. The van der Waals surface area contributed by atoms with E-state index in [4.69, 9.17) is 0 Å². The average Bonchev–Trinajstić information content (AvgIpc) is 1.93. The van der Waals surface area contributed by atoms with E-state index in [-0.39, 0.29) is 0 Å².